The number of carboxylic acids is 1. The summed E-state index contributed by atoms with van der Waals surface area (Å²) < 4.78 is 48.9. The molecule has 0 saturated carbocycles. The minimum absolute atomic E-state index is 0.0000432. The number of aliphatic carboxylic acids is 1. The number of nitrogens with zero attached hydrogens (tertiary/aromatic N) is 2. The van der Waals surface area contributed by atoms with Crippen molar-refractivity contribution in [3.05, 3.63) is 21.8 Å². The first-order valence-corrected chi connectivity index (χ1v) is 18.5. The van der Waals surface area contributed by atoms with Crippen molar-refractivity contribution in [1.29, 1.82) is 0 Å². The molecular formula is C34H53IN4O15. The number of carbonyl (C=O) groups excluding carboxylic acids is 4. The molecule has 3 N–H and O–H groups in total. The summed E-state index contributed by atoms with van der Waals surface area (Å²) in [6, 6.07) is 3.10. The van der Waals surface area contributed by atoms with E-state index < -0.39 is 48.9 Å². The van der Waals surface area contributed by atoms with E-state index >= 15 is 0 Å². The molecule has 0 bridgehead atoms. The number of benzene rings is 1. The van der Waals surface area contributed by atoms with Crippen molar-refractivity contribution >= 4 is 58.0 Å². The number of nitrogens with one attached hydrogen (secondary N) is 2. The number of carboxylic acid groups (broad SMARTS) is 1. The van der Waals surface area contributed by atoms with Crippen LogP contribution in [-0.2, 0) is 57.1 Å². The highest BCUT2D eigenvalue weighted by molar-refractivity contribution is 14.1. The maximum atomic E-state index is 13.2. The van der Waals surface area contributed by atoms with Crippen molar-refractivity contribution in [3.8, 4) is 5.75 Å². The standard InChI is InChI=1S/C34H53IN4O15/c1-46-9-10-49-13-14-51-17-18-53-21-22-54-20-19-52-16-15-50-12-11-48-8-6-30(40)37-27(24-32(42)43)33(44)36-25-39-31(41)5-7-38(34(39)45)28-23-26(35)3-4-29(28)47-2/h3-4,23,27H,5-22,24-25H2,1-2H3,(H,36,44)(H,37,40)(H,42,43)/t27-/m0/s1. The topological polar surface area (TPSA) is 219 Å². The van der Waals surface area contributed by atoms with E-state index in [9.17, 15) is 29.1 Å². The highest BCUT2D eigenvalue weighted by Crippen LogP contribution is 2.32. The number of anilines is 1. The molecule has 19 nitrogen and oxygen atoms in total. The summed E-state index contributed by atoms with van der Waals surface area (Å²) in [4.78, 5) is 64.8. The summed E-state index contributed by atoms with van der Waals surface area (Å²) in [7, 11) is 3.08. The van der Waals surface area contributed by atoms with Crippen LogP contribution in [0.3, 0.4) is 0 Å². The van der Waals surface area contributed by atoms with Crippen LogP contribution in [0.2, 0.25) is 0 Å². The third-order valence-corrected chi connectivity index (χ3v) is 7.99. The molecule has 0 aliphatic carbocycles. The van der Waals surface area contributed by atoms with Gasteiger partial charge < -0.3 is 58.4 Å². The van der Waals surface area contributed by atoms with Crippen LogP contribution in [-0.4, -0.2) is 172 Å². The number of methoxy groups -OCH3 is 2. The Kier molecular flexibility index (Phi) is 25.3. The number of amides is 5. The van der Waals surface area contributed by atoms with Gasteiger partial charge in [0, 0.05) is 30.1 Å². The molecule has 1 heterocycles. The molecule has 0 radical (unpaired) electrons. The number of carbonyl (C=O) groups is 5. The molecule has 0 spiro atoms. The fourth-order valence-electron chi connectivity index (χ4n) is 4.60. The van der Waals surface area contributed by atoms with Gasteiger partial charge in [-0.15, -0.1) is 0 Å². The van der Waals surface area contributed by atoms with Gasteiger partial charge in [-0.05, 0) is 40.8 Å². The number of ether oxygens (including phenoxy) is 9. The first kappa shape index (κ1) is 46.9. The molecule has 1 aromatic rings. The second kappa shape index (κ2) is 29.1. The molecule has 0 unspecified atom stereocenters. The third kappa shape index (κ3) is 19.9. The van der Waals surface area contributed by atoms with Gasteiger partial charge in [0.2, 0.25) is 17.7 Å². The Bertz CT molecular complexity index is 1280. The fraction of sp³-hybridized carbons (Fsp3) is 0.676. The fourth-order valence-corrected chi connectivity index (χ4v) is 5.08. The largest absolute Gasteiger partial charge is 0.495 e. The zero-order chi connectivity index (χ0) is 39.4. The van der Waals surface area contributed by atoms with Gasteiger partial charge in [0.05, 0.1) is 118 Å². The molecule has 0 aromatic heterocycles. The average Bonchev–Trinajstić information content (AvgIpc) is 3.14. The maximum absolute atomic E-state index is 13.2. The van der Waals surface area contributed by atoms with Gasteiger partial charge in [-0.25, -0.2) is 9.69 Å². The van der Waals surface area contributed by atoms with Gasteiger partial charge in [0.15, 0.2) is 0 Å². The average molecular weight is 885 g/mol. The molecule has 2 rings (SSSR count). The minimum atomic E-state index is -1.45. The van der Waals surface area contributed by atoms with Crippen LogP contribution < -0.4 is 20.3 Å². The molecule has 1 aromatic carbocycles. The van der Waals surface area contributed by atoms with Crippen LogP contribution in [0, 0.1) is 3.57 Å². The lowest BCUT2D eigenvalue weighted by molar-refractivity contribution is -0.141. The van der Waals surface area contributed by atoms with Gasteiger partial charge in [0.1, 0.15) is 18.5 Å². The van der Waals surface area contributed by atoms with Crippen molar-refractivity contribution in [2.75, 3.05) is 131 Å². The van der Waals surface area contributed by atoms with Crippen LogP contribution in [0.4, 0.5) is 10.5 Å². The molecule has 1 aliphatic rings. The Morgan fingerprint density at radius 2 is 1.28 bits per heavy atom. The van der Waals surface area contributed by atoms with E-state index in [1.807, 2.05) is 0 Å². The van der Waals surface area contributed by atoms with E-state index in [1.165, 1.54) is 12.0 Å². The van der Waals surface area contributed by atoms with Crippen molar-refractivity contribution in [1.82, 2.24) is 15.5 Å². The van der Waals surface area contributed by atoms with Crippen LogP contribution in [0.15, 0.2) is 18.2 Å². The number of halogens is 1. The summed E-state index contributed by atoms with van der Waals surface area (Å²) in [5, 5.41) is 14.1. The Labute approximate surface area is 328 Å². The molecule has 1 saturated heterocycles. The molecule has 1 fully saturated rings. The Morgan fingerprint density at radius 3 is 1.76 bits per heavy atom. The van der Waals surface area contributed by atoms with Crippen molar-refractivity contribution in [3.63, 3.8) is 0 Å². The van der Waals surface area contributed by atoms with Crippen LogP contribution in [0.5, 0.6) is 5.75 Å². The quantitative estimate of drug-likeness (QED) is 0.0669. The predicted molar refractivity (Wildman–Crippen MR) is 199 cm³/mol. The number of hydrogen-bond acceptors (Lipinski definition) is 14. The van der Waals surface area contributed by atoms with Crippen LogP contribution in [0.25, 0.3) is 0 Å². The van der Waals surface area contributed by atoms with E-state index in [2.05, 4.69) is 33.2 Å². The highest BCUT2D eigenvalue weighted by Gasteiger charge is 2.35. The van der Waals surface area contributed by atoms with Gasteiger partial charge in [-0.3, -0.25) is 24.1 Å². The van der Waals surface area contributed by atoms with Crippen molar-refractivity contribution < 1.29 is 71.7 Å². The van der Waals surface area contributed by atoms with Crippen molar-refractivity contribution in [2.24, 2.45) is 0 Å². The summed E-state index contributed by atoms with van der Waals surface area (Å²) in [5.41, 5.74) is 0.461. The Balaban J connectivity index is 1.53. The Hall–Kier alpha value is -3.22. The first-order chi connectivity index (χ1) is 26.2. The summed E-state index contributed by atoms with van der Waals surface area (Å²) >= 11 is 2.09. The molecule has 1 atom stereocenters. The second-order valence-electron chi connectivity index (χ2n) is 11.3. The van der Waals surface area contributed by atoms with E-state index in [1.54, 1.807) is 25.3 Å². The number of urea groups is 1. The van der Waals surface area contributed by atoms with Crippen LogP contribution in [0.1, 0.15) is 19.3 Å². The molecule has 1 aliphatic heterocycles. The molecule has 5 amide bonds. The summed E-state index contributed by atoms with van der Waals surface area (Å²) in [6.45, 7) is 5.54. The summed E-state index contributed by atoms with van der Waals surface area (Å²) in [5.74, 6) is -2.92. The lowest BCUT2D eigenvalue weighted by atomic mass is 10.2. The monoisotopic (exact) mass is 884 g/mol. The highest BCUT2D eigenvalue weighted by atomic mass is 127. The third-order valence-electron chi connectivity index (χ3n) is 7.32. The first-order valence-electron chi connectivity index (χ1n) is 17.4. The zero-order valence-electron chi connectivity index (χ0n) is 30.9. The second-order valence-corrected chi connectivity index (χ2v) is 12.5. The summed E-state index contributed by atoms with van der Waals surface area (Å²) in [6.07, 6.45) is -0.874. The molecule has 306 valence electrons. The van der Waals surface area contributed by atoms with Crippen molar-refractivity contribution in [2.45, 2.75) is 25.3 Å². The predicted octanol–water partition coefficient (Wildman–Crippen LogP) is 0.644. The molecule has 20 heteroatoms. The number of hydrogen-bond donors (Lipinski definition) is 3. The van der Waals surface area contributed by atoms with E-state index in [0.717, 1.165) is 8.47 Å². The lowest BCUT2D eigenvalue weighted by Crippen LogP contribution is -2.57. The normalized spacial score (nSPS) is 13.6. The molecular weight excluding hydrogens is 831 g/mol. The van der Waals surface area contributed by atoms with Gasteiger partial charge in [-0.2, -0.15) is 0 Å². The minimum Gasteiger partial charge on any atom is -0.495 e. The zero-order valence-corrected chi connectivity index (χ0v) is 33.0. The van der Waals surface area contributed by atoms with Gasteiger partial charge in [0.25, 0.3) is 0 Å². The lowest BCUT2D eigenvalue weighted by Gasteiger charge is -2.35. The number of rotatable bonds is 32. The van der Waals surface area contributed by atoms with Gasteiger partial charge in [-0.1, -0.05) is 0 Å². The van der Waals surface area contributed by atoms with E-state index in [0.29, 0.717) is 90.7 Å². The van der Waals surface area contributed by atoms with Crippen LogP contribution >= 0.6 is 22.6 Å². The van der Waals surface area contributed by atoms with E-state index in [-0.39, 0.29) is 39.2 Å². The van der Waals surface area contributed by atoms with E-state index in [4.69, 9.17) is 42.6 Å². The SMILES string of the molecule is COCCOCCOCCOCCOCCOCCOCCOCCC(=O)N[C@@H](CC(=O)O)C(=O)NCN1C(=O)CCN(c2cc(I)ccc2OC)C1=O. The Morgan fingerprint density at radius 1 is 0.778 bits per heavy atom. The smallest absolute Gasteiger partial charge is 0.332 e. The van der Waals surface area contributed by atoms with Gasteiger partial charge >= 0.3 is 12.0 Å². The molecule has 54 heavy (non-hydrogen) atoms. The maximum Gasteiger partial charge on any atom is 0.332 e. The number of imide groups is 1.